The smallest absolute Gasteiger partial charge is 0.106 e. The molecule has 3 heteroatoms. The maximum absolute atomic E-state index is 10.9. The van der Waals surface area contributed by atoms with Gasteiger partial charge in [-0.25, -0.2) is 0 Å². The lowest BCUT2D eigenvalue weighted by atomic mass is 9.80. The van der Waals surface area contributed by atoms with Crippen molar-refractivity contribution in [2.75, 3.05) is 0 Å². The van der Waals surface area contributed by atoms with Crippen LogP contribution in [-0.4, -0.2) is 21.6 Å². The van der Waals surface area contributed by atoms with Crippen molar-refractivity contribution in [1.82, 2.24) is 0 Å². The van der Waals surface area contributed by atoms with Gasteiger partial charge in [-0.3, -0.25) is 0 Å². The highest BCUT2D eigenvalue weighted by Crippen LogP contribution is 2.30. The Balaban J connectivity index is 2.81. The van der Waals surface area contributed by atoms with Crippen molar-refractivity contribution < 1.29 is 10.3 Å². The molecule has 3 unspecified atom stereocenters. The van der Waals surface area contributed by atoms with E-state index >= 15 is 0 Å². The van der Waals surface area contributed by atoms with E-state index in [1.807, 2.05) is 6.92 Å². The summed E-state index contributed by atoms with van der Waals surface area (Å²) in [5.41, 5.74) is -0.290. The third-order valence-corrected chi connectivity index (χ3v) is 5.61. The standard InChI is InChI=1S/C18H35NO2/c1-4-15-9-7-10-16(5-2)12-13-17(19-21)18(20,6-3)14-8-11-15/h15-16,20-21H,4-14H2,1-3H3. The van der Waals surface area contributed by atoms with Gasteiger partial charge in [-0.15, -0.1) is 0 Å². The largest absolute Gasteiger partial charge is 0.411 e. The number of nitrogens with zero attached hydrogens (tertiary/aromatic N) is 1. The Morgan fingerprint density at radius 3 is 2.10 bits per heavy atom. The number of rotatable bonds is 3. The summed E-state index contributed by atoms with van der Waals surface area (Å²) in [7, 11) is 0. The summed E-state index contributed by atoms with van der Waals surface area (Å²) in [5.74, 6) is 1.48. The van der Waals surface area contributed by atoms with E-state index in [-0.39, 0.29) is 0 Å². The van der Waals surface area contributed by atoms with Crippen LogP contribution in [0.4, 0.5) is 0 Å². The van der Waals surface area contributed by atoms with Crippen LogP contribution in [-0.2, 0) is 0 Å². The first kappa shape index (κ1) is 18.5. The third kappa shape index (κ3) is 5.61. The van der Waals surface area contributed by atoms with Crippen molar-refractivity contribution in [3.8, 4) is 0 Å². The molecule has 0 amide bonds. The number of hydrogen-bond donors (Lipinski definition) is 2. The SMILES string of the molecule is CCC1CCCC(CC)CCC(=NO)C(O)(CC)CCC1. The predicted molar refractivity (Wildman–Crippen MR) is 89.0 cm³/mol. The van der Waals surface area contributed by atoms with Crippen molar-refractivity contribution >= 4 is 5.71 Å². The summed E-state index contributed by atoms with van der Waals surface area (Å²) in [6.07, 6.45) is 11.7. The van der Waals surface area contributed by atoms with Gasteiger partial charge in [0, 0.05) is 0 Å². The molecule has 0 spiro atoms. The van der Waals surface area contributed by atoms with Crippen molar-refractivity contribution in [3.63, 3.8) is 0 Å². The second-order valence-corrected chi connectivity index (χ2v) is 6.84. The van der Waals surface area contributed by atoms with Gasteiger partial charge >= 0.3 is 0 Å². The molecule has 0 aromatic rings. The molecule has 0 heterocycles. The van der Waals surface area contributed by atoms with E-state index in [1.54, 1.807) is 0 Å². The fraction of sp³-hybridized carbons (Fsp3) is 0.944. The van der Waals surface area contributed by atoms with E-state index in [0.717, 1.165) is 31.6 Å². The van der Waals surface area contributed by atoms with Gasteiger partial charge in [-0.05, 0) is 43.9 Å². The molecule has 0 saturated heterocycles. The first-order valence-electron chi connectivity index (χ1n) is 9.03. The van der Waals surface area contributed by atoms with Gasteiger partial charge < -0.3 is 10.3 Å². The van der Waals surface area contributed by atoms with E-state index < -0.39 is 5.60 Å². The fourth-order valence-electron chi connectivity index (χ4n) is 3.73. The summed E-state index contributed by atoms with van der Waals surface area (Å²) in [5, 5.41) is 23.7. The molecule has 1 fully saturated rings. The summed E-state index contributed by atoms with van der Waals surface area (Å²) in [6.45, 7) is 6.52. The number of oxime groups is 1. The molecule has 1 aliphatic rings. The van der Waals surface area contributed by atoms with Crippen LogP contribution in [0.25, 0.3) is 0 Å². The molecule has 21 heavy (non-hydrogen) atoms. The molecule has 1 aliphatic carbocycles. The van der Waals surface area contributed by atoms with Crippen molar-refractivity contribution in [1.29, 1.82) is 0 Å². The molecule has 2 N–H and O–H groups in total. The summed E-state index contributed by atoms with van der Waals surface area (Å²) < 4.78 is 0. The Kier molecular flexibility index (Phi) is 8.31. The number of aliphatic hydroxyl groups is 1. The van der Waals surface area contributed by atoms with Gasteiger partial charge in [0.1, 0.15) is 5.60 Å². The van der Waals surface area contributed by atoms with E-state index in [2.05, 4.69) is 19.0 Å². The molecule has 0 aromatic carbocycles. The van der Waals surface area contributed by atoms with E-state index in [0.29, 0.717) is 18.1 Å². The molecule has 0 aromatic heterocycles. The molecule has 3 atom stereocenters. The first-order chi connectivity index (χ1) is 10.1. The van der Waals surface area contributed by atoms with Gasteiger partial charge in [0.05, 0.1) is 5.71 Å². The Bertz CT molecular complexity index is 316. The quantitative estimate of drug-likeness (QED) is 0.559. The second-order valence-electron chi connectivity index (χ2n) is 6.84. The molecule has 124 valence electrons. The van der Waals surface area contributed by atoms with E-state index in [1.165, 1.54) is 38.5 Å². The average molecular weight is 297 g/mol. The van der Waals surface area contributed by atoms with Gasteiger partial charge in [-0.1, -0.05) is 64.5 Å². The Morgan fingerprint density at radius 2 is 1.57 bits per heavy atom. The van der Waals surface area contributed by atoms with Gasteiger partial charge in [0.2, 0.25) is 0 Å². The maximum Gasteiger partial charge on any atom is 0.106 e. The topological polar surface area (TPSA) is 52.8 Å². The van der Waals surface area contributed by atoms with Crippen LogP contribution in [0.1, 0.15) is 91.4 Å². The van der Waals surface area contributed by atoms with Crippen molar-refractivity contribution in [2.45, 2.75) is 97.0 Å². The van der Waals surface area contributed by atoms with Gasteiger partial charge in [0.25, 0.3) is 0 Å². The molecule has 0 radical (unpaired) electrons. The lowest BCUT2D eigenvalue weighted by Gasteiger charge is -2.30. The summed E-state index contributed by atoms with van der Waals surface area (Å²) in [4.78, 5) is 0. The lowest BCUT2D eigenvalue weighted by molar-refractivity contribution is 0.0854. The molecule has 0 aliphatic heterocycles. The van der Waals surface area contributed by atoms with Crippen LogP contribution in [0.2, 0.25) is 0 Å². The van der Waals surface area contributed by atoms with Crippen molar-refractivity contribution in [3.05, 3.63) is 0 Å². The Labute approximate surface area is 130 Å². The zero-order chi connectivity index (χ0) is 15.7. The zero-order valence-electron chi connectivity index (χ0n) is 14.3. The minimum absolute atomic E-state index is 0.608. The third-order valence-electron chi connectivity index (χ3n) is 5.61. The van der Waals surface area contributed by atoms with E-state index in [9.17, 15) is 10.3 Å². The van der Waals surface area contributed by atoms with Crippen LogP contribution in [0.3, 0.4) is 0 Å². The predicted octanol–water partition coefficient (Wildman–Crippen LogP) is 5.14. The minimum atomic E-state index is -0.898. The first-order valence-corrected chi connectivity index (χ1v) is 9.03. The second kappa shape index (κ2) is 9.45. The van der Waals surface area contributed by atoms with Crippen LogP contribution in [0.15, 0.2) is 5.16 Å². The van der Waals surface area contributed by atoms with Crippen LogP contribution in [0, 0.1) is 11.8 Å². The van der Waals surface area contributed by atoms with Gasteiger partial charge in [0.15, 0.2) is 0 Å². The summed E-state index contributed by atoms with van der Waals surface area (Å²) >= 11 is 0. The maximum atomic E-state index is 10.9. The molecular weight excluding hydrogens is 262 g/mol. The Morgan fingerprint density at radius 1 is 1.00 bits per heavy atom. The highest BCUT2D eigenvalue weighted by molar-refractivity contribution is 5.91. The van der Waals surface area contributed by atoms with Crippen molar-refractivity contribution in [2.24, 2.45) is 17.0 Å². The number of hydrogen-bond acceptors (Lipinski definition) is 3. The highest BCUT2D eigenvalue weighted by Gasteiger charge is 2.32. The van der Waals surface area contributed by atoms with Gasteiger partial charge in [-0.2, -0.15) is 0 Å². The average Bonchev–Trinajstić information content (AvgIpc) is 2.50. The Hall–Kier alpha value is -0.570. The normalized spacial score (nSPS) is 35.1. The van der Waals surface area contributed by atoms with Crippen LogP contribution in [0.5, 0.6) is 0 Å². The summed E-state index contributed by atoms with van der Waals surface area (Å²) in [6, 6.07) is 0. The molecule has 1 rings (SSSR count). The minimum Gasteiger partial charge on any atom is -0.411 e. The molecular formula is C18H35NO2. The molecule has 1 saturated carbocycles. The molecule has 0 bridgehead atoms. The van der Waals surface area contributed by atoms with Crippen LogP contribution >= 0.6 is 0 Å². The monoisotopic (exact) mass is 297 g/mol. The highest BCUT2D eigenvalue weighted by atomic mass is 16.4. The molecule has 3 nitrogen and oxygen atoms in total. The lowest BCUT2D eigenvalue weighted by Crippen LogP contribution is -2.38. The van der Waals surface area contributed by atoms with Crippen LogP contribution < -0.4 is 0 Å². The zero-order valence-corrected chi connectivity index (χ0v) is 14.3. The van der Waals surface area contributed by atoms with E-state index in [4.69, 9.17) is 0 Å². The fourth-order valence-corrected chi connectivity index (χ4v) is 3.73.